The second-order valence-electron chi connectivity index (χ2n) is 5.45. The molecule has 0 bridgehead atoms. The minimum atomic E-state index is -1.25. The molecule has 0 saturated carbocycles. The lowest BCUT2D eigenvalue weighted by Crippen LogP contribution is -2.40. The summed E-state index contributed by atoms with van der Waals surface area (Å²) in [5.74, 6) is 0.366. The standard InChI is InChI=1S/C15H12N4O5/c1-15(10-3-2-5-23-10)13(20)19(14(21)17-15)7-11-16-12(24-18-11)9-4-6-22-8-9/h2-6,8H,7H2,1H3,(H,17,21)/t15-/m0/s1. The molecule has 0 unspecified atom stereocenters. The summed E-state index contributed by atoms with van der Waals surface area (Å²) in [6.07, 6.45) is 4.38. The third-order valence-electron chi connectivity index (χ3n) is 3.82. The van der Waals surface area contributed by atoms with Crippen LogP contribution in [0.5, 0.6) is 0 Å². The van der Waals surface area contributed by atoms with Gasteiger partial charge in [0.2, 0.25) is 0 Å². The van der Waals surface area contributed by atoms with Gasteiger partial charge < -0.3 is 18.7 Å². The number of nitrogens with one attached hydrogen (secondary N) is 1. The molecule has 1 N–H and O–H groups in total. The molecule has 1 atom stereocenters. The summed E-state index contributed by atoms with van der Waals surface area (Å²) < 4.78 is 15.3. The zero-order chi connectivity index (χ0) is 16.7. The smallest absolute Gasteiger partial charge is 0.325 e. The van der Waals surface area contributed by atoms with E-state index >= 15 is 0 Å². The van der Waals surface area contributed by atoms with E-state index in [1.54, 1.807) is 25.1 Å². The Balaban J connectivity index is 1.57. The maximum absolute atomic E-state index is 12.7. The van der Waals surface area contributed by atoms with E-state index in [1.165, 1.54) is 18.8 Å². The predicted octanol–water partition coefficient (Wildman–Crippen LogP) is 1.89. The molecule has 4 rings (SSSR count). The van der Waals surface area contributed by atoms with Crippen LogP contribution in [0.4, 0.5) is 4.79 Å². The number of aromatic nitrogens is 2. The number of imide groups is 1. The largest absolute Gasteiger partial charge is 0.472 e. The molecule has 1 aliphatic rings. The summed E-state index contributed by atoms with van der Waals surface area (Å²) in [4.78, 5) is 30.0. The lowest BCUT2D eigenvalue weighted by Gasteiger charge is -2.18. The Bertz CT molecular complexity index is 883. The second kappa shape index (κ2) is 5.08. The number of furan rings is 2. The van der Waals surface area contributed by atoms with Crippen LogP contribution in [0.3, 0.4) is 0 Å². The third-order valence-corrected chi connectivity index (χ3v) is 3.82. The highest BCUT2D eigenvalue weighted by Crippen LogP contribution is 2.30. The van der Waals surface area contributed by atoms with E-state index in [1.807, 2.05) is 0 Å². The van der Waals surface area contributed by atoms with Crippen molar-refractivity contribution in [2.75, 3.05) is 0 Å². The molecule has 9 heteroatoms. The Morgan fingerprint density at radius 2 is 2.17 bits per heavy atom. The lowest BCUT2D eigenvalue weighted by atomic mass is 9.99. The molecule has 0 aromatic carbocycles. The number of rotatable bonds is 4. The van der Waals surface area contributed by atoms with Gasteiger partial charge in [0.15, 0.2) is 11.4 Å². The first-order valence-corrected chi connectivity index (χ1v) is 7.11. The van der Waals surface area contributed by atoms with Gasteiger partial charge in [0.05, 0.1) is 24.6 Å². The maximum Gasteiger partial charge on any atom is 0.325 e. The van der Waals surface area contributed by atoms with E-state index in [4.69, 9.17) is 13.4 Å². The molecular formula is C15H12N4O5. The van der Waals surface area contributed by atoms with E-state index in [9.17, 15) is 9.59 Å². The van der Waals surface area contributed by atoms with Crippen LogP contribution in [0.25, 0.3) is 11.5 Å². The van der Waals surface area contributed by atoms with Gasteiger partial charge in [0.25, 0.3) is 11.8 Å². The van der Waals surface area contributed by atoms with Gasteiger partial charge in [-0.15, -0.1) is 0 Å². The Morgan fingerprint density at radius 3 is 2.88 bits per heavy atom. The molecule has 3 aromatic heterocycles. The second-order valence-corrected chi connectivity index (χ2v) is 5.45. The molecule has 0 radical (unpaired) electrons. The minimum Gasteiger partial charge on any atom is -0.472 e. The summed E-state index contributed by atoms with van der Waals surface area (Å²) in [5.41, 5.74) is -0.635. The maximum atomic E-state index is 12.7. The molecule has 4 heterocycles. The van der Waals surface area contributed by atoms with Crippen LogP contribution in [-0.4, -0.2) is 27.0 Å². The van der Waals surface area contributed by atoms with E-state index in [2.05, 4.69) is 15.5 Å². The SMILES string of the molecule is C[C@@]1(c2ccco2)NC(=O)N(Cc2noc(-c3ccoc3)n2)C1=O. The number of nitrogens with zero attached hydrogens (tertiary/aromatic N) is 3. The first-order valence-electron chi connectivity index (χ1n) is 7.11. The van der Waals surface area contributed by atoms with Gasteiger partial charge in [-0.2, -0.15) is 4.98 Å². The highest BCUT2D eigenvalue weighted by atomic mass is 16.5. The molecular weight excluding hydrogens is 316 g/mol. The first kappa shape index (κ1) is 14.2. The van der Waals surface area contributed by atoms with Crippen LogP contribution < -0.4 is 5.32 Å². The van der Waals surface area contributed by atoms with Crippen molar-refractivity contribution < 1.29 is 22.9 Å². The van der Waals surface area contributed by atoms with Gasteiger partial charge in [-0.3, -0.25) is 9.69 Å². The van der Waals surface area contributed by atoms with Gasteiger partial charge in [-0.05, 0) is 25.1 Å². The molecule has 0 spiro atoms. The van der Waals surface area contributed by atoms with E-state index < -0.39 is 17.5 Å². The fraction of sp³-hybridized carbons (Fsp3) is 0.200. The van der Waals surface area contributed by atoms with E-state index in [0.717, 1.165) is 4.90 Å². The monoisotopic (exact) mass is 328 g/mol. The molecule has 3 amide bonds. The average Bonchev–Trinajstić information content (AvgIpc) is 3.34. The van der Waals surface area contributed by atoms with E-state index in [0.29, 0.717) is 11.3 Å². The average molecular weight is 328 g/mol. The Labute approximate surface area is 135 Å². The summed E-state index contributed by atoms with van der Waals surface area (Å²) in [5, 5.41) is 6.42. The molecule has 0 aliphatic carbocycles. The van der Waals surface area contributed by atoms with Crippen molar-refractivity contribution in [2.45, 2.75) is 19.0 Å². The quantitative estimate of drug-likeness (QED) is 0.727. The van der Waals surface area contributed by atoms with Crippen LogP contribution in [0.15, 0.2) is 50.3 Å². The molecule has 24 heavy (non-hydrogen) atoms. The van der Waals surface area contributed by atoms with Crippen molar-refractivity contribution in [3.8, 4) is 11.5 Å². The van der Waals surface area contributed by atoms with Crippen molar-refractivity contribution in [1.82, 2.24) is 20.4 Å². The van der Waals surface area contributed by atoms with Gasteiger partial charge in [0, 0.05) is 0 Å². The normalized spacial score (nSPS) is 20.6. The molecule has 122 valence electrons. The Morgan fingerprint density at radius 1 is 1.29 bits per heavy atom. The van der Waals surface area contributed by atoms with Crippen LogP contribution in [0.1, 0.15) is 18.5 Å². The zero-order valence-electron chi connectivity index (χ0n) is 12.6. The summed E-state index contributed by atoms with van der Waals surface area (Å²) in [7, 11) is 0. The van der Waals surface area contributed by atoms with Crippen LogP contribution in [0.2, 0.25) is 0 Å². The van der Waals surface area contributed by atoms with E-state index in [-0.39, 0.29) is 18.3 Å². The number of amides is 3. The number of carbonyl (C=O) groups excluding carboxylic acids is 2. The molecule has 1 fully saturated rings. The topological polar surface area (TPSA) is 115 Å². The van der Waals surface area contributed by atoms with Crippen molar-refractivity contribution in [3.63, 3.8) is 0 Å². The lowest BCUT2D eigenvalue weighted by molar-refractivity contribution is -0.132. The highest BCUT2D eigenvalue weighted by Gasteiger charge is 2.51. The molecule has 1 saturated heterocycles. The number of hydrogen-bond acceptors (Lipinski definition) is 7. The predicted molar refractivity (Wildman–Crippen MR) is 77.1 cm³/mol. The summed E-state index contributed by atoms with van der Waals surface area (Å²) in [6.45, 7) is 1.47. The Kier molecular flexibility index (Phi) is 3.02. The van der Waals surface area contributed by atoms with Gasteiger partial charge in [-0.1, -0.05) is 5.16 Å². The zero-order valence-corrected chi connectivity index (χ0v) is 12.6. The third kappa shape index (κ3) is 2.09. The van der Waals surface area contributed by atoms with Crippen molar-refractivity contribution >= 4 is 11.9 Å². The summed E-state index contributed by atoms with van der Waals surface area (Å²) >= 11 is 0. The van der Waals surface area contributed by atoms with Gasteiger partial charge in [-0.25, -0.2) is 4.79 Å². The van der Waals surface area contributed by atoms with Gasteiger partial charge >= 0.3 is 6.03 Å². The van der Waals surface area contributed by atoms with Crippen LogP contribution in [0, 0.1) is 0 Å². The Hall–Kier alpha value is -3.36. The molecule has 1 aliphatic heterocycles. The fourth-order valence-corrected chi connectivity index (χ4v) is 2.53. The molecule has 9 nitrogen and oxygen atoms in total. The highest BCUT2D eigenvalue weighted by molar-refractivity contribution is 6.06. The fourth-order valence-electron chi connectivity index (χ4n) is 2.53. The first-order chi connectivity index (χ1) is 11.6. The minimum absolute atomic E-state index is 0.109. The van der Waals surface area contributed by atoms with Gasteiger partial charge in [0.1, 0.15) is 12.0 Å². The number of urea groups is 1. The van der Waals surface area contributed by atoms with Crippen molar-refractivity contribution in [2.24, 2.45) is 0 Å². The number of hydrogen-bond donors (Lipinski definition) is 1. The number of carbonyl (C=O) groups is 2. The van der Waals surface area contributed by atoms with Crippen molar-refractivity contribution in [1.29, 1.82) is 0 Å². The summed E-state index contributed by atoms with van der Waals surface area (Å²) in [6, 6.07) is 4.40. The van der Waals surface area contributed by atoms with Crippen LogP contribution in [-0.2, 0) is 16.9 Å². The van der Waals surface area contributed by atoms with Crippen molar-refractivity contribution in [3.05, 3.63) is 48.6 Å². The molecule has 3 aromatic rings. The van der Waals surface area contributed by atoms with Crippen LogP contribution >= 0.6 is 0 Å².